The van der Waals surface area contributed by atoms with Crippen molar-refractivity contribution in [3.8, 4) is 6.01 Å². The first kappa shape index (κ1) is 13.2. The minimum atomic E-state index is -1.01. The predicted molar refractivity (Wildman–Crippen MR) is 56.7 cm³/mol. The number of hydrogen-bond acceptors (Lipinski definition) is 6. The number of nitrogens with one attached hydrogen (secondary N) is 1. The molecule has 9 heteroatoms. The molecule has 3 rings (SSSR count). The Bertz CT molecular complexity index is 525. The molecule has 1 fully saturated rings. The molecule has 0 aromatic carbocycles. The van der Waals surface area contributed by atoms with E-state index in [0.29, 0.717) is 0 Å². The number of fused-ring (bicyclic) bond motifs is 3. The van der Waals surface area contributed by atoms with E-state index in [-0.39, 0.29) is 25.0 Å². The Morgan fingerprint density at radius 2 is 2.28 bits per heavy atom. The molecule has 0 radical (unpaired) electrons. The second-order valence-corrected chi connectivity index (χ2v) is 3.95. The minimum absolute atomic E-state index is 0. The summed E-state index contributed by atoms with van der Waals surface area (Å²) in [5.41, 5.74) is -0.524. The average Bonchev–Trinajstić information content (AvgIpc) is 2.78. The monoisotopic (exact) mass is 279 g/mol. The third-order valence-electron chi connectivity index (χ3n) is 2.92. The number of aliphatic hydroxyl groups is 2. The quantitative estimate of drug-likeness (QED) is 0.608. The van der Waals surface area contributed by atoms with Crippen LogP contribution in [0.4, 0.5) is 4.39 Å². The maximum absolute atomic E-state index is 13.2. The second-order valence-electron chi connectivity index (χ2n) is 3.95. The fraction of sp³-hybridized carbons (Fsp3) is 0.556. The highest BCUT2D eigenvalue weighted by Gasteiger charge is 2.51. The van der Waals surface area contributed by atoms with Crippen LogP contribution in [0.15, 0.2) is 6.20 Å². The van der Waals surface area contributed by atoms with Crippen molar-refractivity contribution in [2.45, 2.75) is 24.5 Å². The van der Waals surface area contributed by atoms with Gasteiger partial charge in [-0.3, -0.25) is 9.98 Å². The molecule has 0 saturated carbocycles. The van der Waals surface area contributed by atoms with E-state index in [2.05, 4.69) is 4.98 Å². The molecule has 0 bridgehead atoms. The molecule has 7 nitrogen and oxygen atoms in total. The van der Waals surface area contributed by atoms with Crippen LogP contribution < -0.4 is 10.2 Å². The average molecular weight is 280 g/mol. The van der Waals surface area contributed by atoms with Crippen LogP contribution in [0.1, 0.15) is 6.23 Å². The third-order valence-corrected chi connectivity index (χ3v) is 2.92. The lowest BCUT2D eigenvalue weighted by molar-refractivity contribution is -0.0437. The van der Waals surface area contributed by atoms with E-state index in [1.54, 1.807) is 0 Å². The Morgan fingerprint density at radius 3 is 2.94 bits per heavy atom. The Balaban J connectivity index is 0.00000120. The summed E-state index contributed by atoms with van der Waals surface area (Å²) in [4.78, 5) is 3.60. The number of nitrogens with zero attached hydrogens (tertiary/aromatic N) is 2. The predicted octanol–water partition coefficient (Wildman–Crippen LogP) is -1.06. The fourth-order valence-electron chi connectivity index (χ4n) is 2.06. The van der Waals surface area contributed by atoms with Gasteiger partial charge in [0.25, 0.3) is 0 Å². The summed E-state index contributed by atoms with van der Waals surface area (Å²) in [6.07, 6.45) is -2.18. The molecule has 3 N–H and O–H groups in total. The summed E-state index contributed by atoms with van der Waals surface area (Å²) in [6.45, 7) is -0.347. The number of rotatable bonds is 1. The second kappa shape index (κ2) is 4.47. The molecule has 3 heterocycles. The Labute approximate surface area is 107 Å². The molecule has 4 atom stereocenters. The zero-order chi connectivity index (χ0) is 12.2. The lowest BCUT2D eigenvalue weighted by Crippen LogP contribution is -2.34. The van der Waals surface area contributed by atoms with Crippen LogP contribution >= 0.6 is 12.4 Å². The first-order chi connectivity index (χ1) is 8.11. The molecule has 1 aromatic rings. The van der Waals surface area contributed by atoms with Gasteiger partial charge in [-0.25, -0.2) is 4.39 Å². The maximum Gasteiger partial charge on any atom is 0.301 e. The van der Waals surface area contributed by atoms with Gasteiger partial charge < -0.3 is 19.7 Å². The van der Waals surface area contributed by atoms with E-state index in [0.717, 1.165) is 6.20 Å². The summed E-state index contributed by atoms with van der Waals surface area (Å²) in [7, 11) is 0. The number of hydrogen-bond donors (Lipinski definition) is 3. The van der Waals surface area contributed by atoms with Crippen molar-refractivity contribution in [2.24, 2.45) is 0 Å². The van der Waals surface area contributed by atoms with E-state index in [1.807, 2.05) is 0 Å². The lowest BCUT2D eigenvalue weighted by atomic mass is 10.1. The molecule has 1 saturated heterocycles. The van der Waals surface area contributed by atoms with Crippen LogP contribution in [0.3, 0.4) is 0 Å². The summed E-state index contributed by atoms with van der Waals surface area (Å²) in [5.74, 6) is -0.802. The molecule has 18 heavy (non-hydrogen) atoms. The summed E-state index contributed by atoms with van der Waals surface area (Å²) in [5, 5.41) is 25.9. The van der Waals surface area contributed by atoms with Crippen LogP contribution in [0, 0.1) is 11.2 Å². The van der Waals surface area contributed by atoms with Gasteiger partial charge in [-0.1, -0.05) is 0 Å². The van der Waals surface area contributed by atoms with Crippen molar-refractivity contribution in [3.05, 3.63) is 17.5 Å². The molecule has 0 spiro atoms. The van der Waals surface area contributed by atoms with Crippen molar-refractivity contribution in [2.75, 3.05) is 6.61 Å². The van der Waals surface area contributed by atoms with Gasteiger partial charge in [0.05, 0.1) is 12.8 Å². The van der Waals surface area contributed by atoms with Crippen LogP contribution in [0.5, 0.6) is 6.01 Å². The van der Waals surface area contributed by atoms with Gasteiger partial charge in [0.15, 0.2) is 23.6 Å². The molecular formula is C9H11ClFN3O4. The van der Waals surface area contributed by atoms with Gasteiger partial charge in [0.2, 0.25) is 0 Å². The first-order valence-electron chi connectivity index (χ1n) is 5.06. The summed E-state index contributed by atoms with van der Waals surface area (Å²) in [6, 6.07) is 0.0295. The van der Waals surface area contributed by atoms with Crippen LogP contribution in [0.25, 0.3) is 0 Å². The van der Waals surface area contributed by atoms with Crippen molar-refractivity contribution < 1.29 is 24.1 Å². The smallest absolute Gasteiger partial charge is 0.301 e. The van der Waals surface area contributed by atoms with Crippen molar-refractivity contribution in [1.82, 2.24) is 9.55 Å². The van der Waals surface area contributed by atoms with Gasteiger partial charge in [-0.05, 0) is 0 Å². The van der Waals surface area contributed by atoms with Gasteiger partial charge in [-0.2, -0.15) is 4.98 Å². The van der Waals surface area contributed by atoms with Gasteiger partial charge >= 0.3 is 6.01 Å². The largest absolute Gasteiger partial charge is 0.454 e. The highest BCUT2D eigenvalue weighted by Crippen LogP contribution is 2.38. The molecule has 0 aliphatic carbocycles. The summed E-state index contributed by atoms with van der Waals surface area (Å²) >= 11 is 0. The standard InChI is InChI=1S/C9H10FN3O4.ClH/c10-3-1-13-8-6(5(15)4(2-14)16-8)17-9(13)12-7(3)11;/h1,4-6,8,11,14-15H,2H2;1H/t4-,5-,6+,8-;/m1./s1. The Morgan fingerprint density at radius 1 is 1.56 bits per heavy atom. The number of ether oxygens (including phenoxy) is 2. The van der Waals surface area contributed by atoms with Crippen molar-refractivity contribution >= 4 is 12.4 Å². The lowest BCUT2D eigenvalue weighted by Gasteiger charge is -2.14. The first-order valence-corrected chi connectivity index (χ1v) is 5.06. The zero-order valence-electron chi connectivity index (χ0n) is 8.99. The molecule has 0 amide bonds. The topological polar surface area (TPSA) is 101 Å². The normalized spacial score (nSPS) is 32.4. The van der Waals surface area contributed by atoms with Gasteiger partial charge in [0.1, 0.15) is 12.2 Å². The molecule has 1 aromatic heterocycles. The number of aromatic nitrogens is 2. The van der Waals surface area contributed by atoms with Crippen LogP contribution in [-0.4, -0.2) is 44.7 Å². The van der Waals surface area contributed by atoms with E-state index < -0.39 is 35.8 Å². The third kappa shape index (κ3) is 1.69. The fourth-order valence-corrected chi connectivity index (χ4v) is 2.06. The molecule has 2 aliphatic heterocycles. The Hall–Kier alpha value is -1.22. The highest BCUT2D eigenvalue weighted by atomic mass is 35.5. The van der Waals surface area contributed by atoms with Gasteiger partial charge in [-0.15, -0.1) is 12.4 Å². The molecular weight excluding hydrogens is 269 g/mol. The maximum atomic E-state index is 13.2. The van der Waals surface area contributed by atoms with Crippen molar-refractivity contribution in [1.29, 1.82) is 5.41 Å². The minimum Gasteiger partial charge on any atom is -0.454 e. The van der Waals surface area contributed by atoms with E-state index in [1.165, 1.54) is 4.57 Å². The Kier molecular flexibility index (Phi) is 3.28. The van der Waals surface area contributed by atoms with Crippen molar-refractivity contribution in [3.63, 3.8) is 0 Å². The highest BCUT2D eigenvalue weighted by molar-refractivity contribution is 5.85. The van der Waals surface area contributed by atoms with E-state index in [4.69, 9.17) is 20.0 Å². The zero-order valence-corrected chi connectivity index (χ0v) is 9.80. The number of halogens is 2. The van der Waals surface area contributed by atoms with Crippen LogP contribution in [0.2, 0.25) is 0 Å². The molecule has 0 unspecified atom stereocenters. The number of aliphatic hydroxyl groups excluding tert-OH is 2. The summed E-state index contributed by atoms with van der Waals surface area (Å²) < 4.78 is 25.1. The molecule has 2 aliphatic rings. The van der Waals surface area contributed by atoms with Gasteiger partial charge in [0, 0.05) is 0 Å². The van der Waals surface area contributed by atoms with E-state index >= 15 is 0 Å². The van der Waals surface area contributed by atoms with Crippen LogP contribution in [-0.2, 0) is 4.74 Å². The van der Waals surface area contributed by atoms with E-state index in [9.17, 15) is 9.50 Å². The molecule has 100 valence electrons. The SMILES string of the molecule is Cl.N=c1nc2n(cc1F)[C@@H]1O[C@H](CO)[C@@H](O)[C@@H]1O2.